The number of piperazine rings is 1. The zero-order valence-corrected chi connectivity index (χ0v) is 43.8. The third-order valence-corrected chi connectivity index (χ3v) is 19.2. The van der Waals surface area contributed by atoms with Gasteiger partial charge in [-0.1, -0.05) is 27.7 Å². The Morgan fingerprint density at radius 3 is 2.03 bits per heavy atom. The highest BCUT2D eigenvalue weighted by atomic mass is 32.1. The molecule has 9 heterocycles. The van der Waals surface area contributed by atoms with Gasteiger partial charge in [-0.3, -0.25) is 38.8 Å². The zero-order valence-electron chi connectivity index (χ0n) is 42.2. The number of pyridine rings is 3. The van der Waals surface area contributed by atoms with E-state index >= 15 is 0 Å². The molecule has 4 aliphatic heterocycles. The first kappa shape index (κ1) is 48.9. The number of aryl methyl sites for hydroxylation is 2. The van der Waals surface area contributed by atoms with Gasteiger partial charge in [-0.25, -0.2) is 4.98 Å². The molecule has 5 amide bonds. The number of rotatable bonds is 11. The topological polar surface area (TPSA) is 170 Å². The predicted molar refractivity (Wildman–Crippen MR) is 275 cm³/mol. The molecule has 0 bridgehead atoms. The molecule has 6 fully saturated rings. The van der Waals surface area contributed by atoms with Crippen LogP contribution in [0.25, 0.3) is 48.5 Å². The Labute approximate surface area is 433 Å². The quantitative estimate of drug-likeness (QED) is 0.0759. The Morgan fingerprint density at radius 1 is 0.784 bits per heavy atom. The van der Waals surface area contributed by atoms with Crippen molar-refractivity contribution in [1.82, 2.24) is 35.7 Å². The molecular weight excluding hydrogens is 988 g/mol. The maximum Gasteiger partial charge on any atom is 0.433 e. The Hall–Kier alpha value is -5.99. The minimum atomic E-state index is -4.72. The normalized spacial score (nSPS) is 24.9. The summed E-state index contributed by atoms with van der Waals surface area (Å²) in [5.74, 6) is -2.52. The number of carbonyl (C=O) groups is 5. The number of nitrogens with one attached hydrogen (secondary N) is 4. The molecule has 14 nitrogen and oxygen atoms in total. The second kappa shape index (κ2) is 17.3. The van der Waals surface area contributed by atoms with E-state index in [0.717, 1.165) is 50.1 Å². The molecule has 12 rings (SSSR count). The molecule has 1 aromatic carbocycles. The first-order chi connectivity index (χ1) is 35.1. The van der Waals surface area contributed by atoms with E-state index in [2.05, 4.69) is 26.3 Å². The summed E-state index contributed by atoms with van der Waals surface area (Å²) in [5.41, 5.74) is 5.81. The van der Waals surface area contributed by atoms with Crippen molar-refractivity contribution in [3.05, 3.63) is 86.5 Å². The Bertz CT molecular complexity index is 3400. The third kappa shape index (κ3) is 7.73. The van der Waals surface area contributed by atoms with Crippen molar-refractivity contribution in [3.63, 3.8) is 0 Å². The number of piperidine rings is 2. The van der Waals surface area contributed by atoms with E-state index in [1.165, 1.54) is 32.5 Å². The van der Waals surface area contributed by atoms with Gasteiger partial charge < -0.3 is 21.3 Å². The third-order valence-electron chi connectivity index (χ3n) is 16.9. The largest absolute Gasteiger partial charge is 0.433 e. The van der Waals surface area contributed by atoms with Crippen LogP contribution in [-0.4, -0.2) is 88.1 Å². The molecule has 19 heteroatoms. The number of thiophene rings is 2. The second-order valence-corrected chi connectivity index (χ2v) is 24.6. The average molecular weight is 1050 g/mol. The van der Waals surface area contributed by atoms with Crippen molar-refractivity contribution >= 4 is 78.3 Å². The number of anilines is 1. The number of hydrogen-bond donors (Lipinski definition) is 4. The van der Waals surface area contributed by atoms with Crippen LogP contribution in [0.5, 0.6) is 0 Å². The number of amides is 5. The fraction of sp³-hybridized carbons (Fsp3) is 0.455. The number of carbonyl (C=O) groups excluding carboxylic acids is 5. The molecule has 2 aliphatic carbocycles. The fourth-order valence-electron chi connectivity index (χ4n) is 12.7. The van der Waals surface area contributed by atoms with Gasteiger partial charge >= 0.3 is 6.18 Å². The van der Waals surface area contributed by atoms with Crippen LogP contribution in [0.15, 0.2) is 48.8 Å². The number of imide groups is 2. The lowest BCUT2D eigenvalue weighted by Gasteiger charge is -2.26. The molecule has 6 aliphatic rings. The maximum atomic E-state index is 14.7. The van der Waals surface area contributed by atoms with Crippen molar-refractivity contribution in [2.24, 2.45) is 40.4 Å². The molecule has 5 unspecified atom stereocenters. The highest BCUT2D eigenvalue weighted by molar-refractivity contribution is 7.20. The van der Waals surface area contributed by atoms with E-state index < -0.39 is 17.3 Å². The van der Waals surface area contributed by atoms with Crippen LogP contribution >= 0.6 is 22.7 Å². The molecule has 4 N–H and O–H groups in total. The first-order valence-corrected chi connectivity index (χ1v) is 27.0. The number of likely N-dealkylation sites (tertiary alicyclic amines) is 2. The number of aromatic nitrogens is 3. The van der Waals surface area contributed by atoms with Gasteiger partial charge in [-0.15, -0.1) is 22.7 Å². The number of nitrogens with zero attached hydrogens (tertiary/aromatic N) is 5. The molecule has 6 aromatic rings. The van der Waals surface area contributed by atoms with Crippen LogP contribution in [0.4, 0.5) is 18.9 Å². The number of fused-ring (bicyclic) bond motifs is 4. The highest BCUT2D eigenvalue weighted by Crippen LogP contribution is 2.64. The molecule has 0 spiro atoms. The molecular formula is C55H57F3N9O5S2+. The van der Waals surface area contributed by atoms with Crippen LogP contribution in [0.3, 0.4) is 0 Å². The van der Waals surface area contributed by atoms with Gasteiger partial charge in [0.05, 0.1) is 64.3 Å². The summed E-state index contributed by atoms with van der Waals surface area (Å²) in [7, 11) is 0. The summed E-state index contributed by atoms with van der Waals surface area (Å²) in [6.45, 7) is 16.9. The van der Waals surface area contributed by atoms with Gasteiger partial charge in [-0.2, -0.15) is 17.7 Å². The van der Waals surface area contributed by atoms with E-state index in [-0.39, 0.29) is 89.4 Å². The first-order valence-electron chi connectivity index (χ1n) is 25.4. The predicted octanol–water partition coefficient (Wildman–Crippen LogP) is 7.39. The summed E-state index contributed by atoms with van der Waals surface area (Å²) < 4.78 is 47.6. The van der Waals surface area contributed by atoms with Crippen LogP contribution in [0, 0.1) is 61.2 Å². The smallest absolute Gasteiger partial charge is 0.325 e. The van der Waals surface area contributed by atoms with E-state index in [9.17, 15) is 37.1 Å². The number of benzene rings is 1. The molecule has 2 saturated carbocycles. The van der Waals surface area contributed by atoms with E-state index in [4.69, 9.17) is 4.98 Å². The standard InChI is InChI=1S/C55H56F3N9O5S2/c1-25-17-38(55(56,57)58)63-44(34(25)18-29-22-60-13-14-61-29)33-10-15-65(37-20-31(74-47(33)37)24-67-51(71)41-42(52(67)72)54(41,6)7)45-26(2)16-35(43(27(45)3)64-48(68)28-8-11-59-21-28)32-9-12-62-36-19-30(73-46(32)36)23-66-49(69)39-40(50(66)70)53(39,4)5/h9-10,12,15-17,19-20,28-29,39-42,59-61H,8,11,13-14,18,21-24H2,1-7H3/p+1/t28-,29?,39?,40?,41?,42?/m0/s1. The van der Waals surface area contributed by atoms with Gasteiger partial charge in [0.1, 0.15) is 10.4 Å². The maximum absolute atomic E-state index is 14.7. The van der Waals surface area contributed by atoms with Gasteiger partial charge in [0.15, 0.2) is 6.20 Å². The molecule has 74 heavy (non-hydrogen) atoms. The van der Waals surface area contributed by atoms with Gasteiger partial charge in [-0.05, 0) is 86.4 Å². The molecule has 5 aromatic heterocycles. The Kier molecular flexibility index (Phi) is 11.4. The van der Waals surface area contributed by atoms with Gasteiger partial charge in [0, 0.05) is 88.1 Å². The Morgan fingerprint density at radius 2 is 1.42 bits per heavy atom. The zero-order chi connectivity index (χ0) is 52.1. The molecule has 6 atom stereocenters. The minimum Gasteiger partial charge on any atom is -0.325 e. The summed E-state index contributed by atoms with van der Waals surface area (Å²) in [6, 6.07) is 10.6. The lowest BCUT2D eigenvalue weighted by Crippen LogP contribution is -2.49. The van der Waals surface area contributed by atoms with Crippen LogP contribution in [-0.2, 0) is 49.7 Å². The number of hydrogen-bond acceptors (Lipinski definition) is 12. The summed E-state index contributed by atoms with van der Waals surface area (Å²) in [4.78, 5) is 81.9. The summed E-state index contributed by atoms with van der Waals surface area (Å²) >= 11 is 2.78. The summed E-state index contributed by atoms with van der Waals surface area (Å²) in [5, 5.41) is 13.5. The lowest BCUT2D eigenvalue weighted by molar-refractivity contribution is -0.567. The van der Waals surface area contributed by atoms with Crippen molar-refractivity contribution in [2.45, 2.75) is 86.6 Å². The average Bonchev–Trinajstić information content (AvgIpc) is 3.83. The van der Waals surface area contributed by atoms with Crippen LogP contribution in [0.2, 0.25) is 0 Å². The van der Waals surface area contributed by atoms with Crippen LogP contribution in [0.1, 0.15) is 71.8 Å². The fourth-order valence-corrected chi connectivity index (χ4v) is 15.0. The minimum absolute atomic E-state index is 0.00675. The van der Waals surface area contributed by atoms with Gasteiger partial charge in [0.2, 0.25) is 40.7 Å². The van der Waals surface area contributed by atoms with Crippen molar-refractivity contribution in [3.8, 4) is 28.1 Å². The van der Waals surface area contributed by atoms with Crippen molar-refractivity contribution < 1.29 is 41.7 Å². The molecule has 384 valence electrons. The summed E-state index contributed by atoms with van der Waals surface area (Å²) in [6.07, 6.45) is -0.0881. The SMILES string of the molecule is Cc1cc(C(F)(F)F)nc(-c2cc[n+](-c3c(C)cc(-c4ccnc5cc(CN6C(=O)C7C(C6=O)C7(C)C)sc45)c(NC(=O)[C@H]4CCNC4)c3C)c3cc(CN4C(=O)C5C(C4=O)C5(C)C)sc23)c1CC1CNCCN1. The van der Waals surface area contributed by atoms with Gasteiger partial charge in [0.25, 0.3) is 0 Å². The number of halogens is 3. The Balaban J connectivity index is 1.01. The number of alkyl halides is 3. The van der Waals surface area contributed by atoms with E-state index in [1.807, 2.05) is 76.6 Å². The van der Waals surface area contributed by atoms with Crippen molar-refractivity contribution in [2.75, 3.05) is 38.0 Å². The van der Waals surface area contributed by atoms with E-state index in [0.29, 0.717) is 82.0 Å². The van der Waals surface area contributed by atoms with E-state index in [1.54, 1.807) is 19.2 Å². The monoisotopic (exact) mass is 1040 g/mol. The highest BCUT2D eigenvalue weighted by Gasteiger charge is 2.73. The second-order valence-electron chi connectivity index (χ2n) is 22.4. The lowest BCUT2D eigenvalue weighted by atomic mass is 9.93. The molecule has 0 radical (unpaired) electrons. The molecule has 4 saturated heterocycles. The van der Waals surface area contributed by atoms with Crippen molar-refractivity contribution in [1.29, 1.82) is 0 Å². The van der Waals surface area contributed by atoms with Crippen LogP contribution < -0.4 is 25.8 Å².